The molecule has 0 aromatic heterocycles. The number of hydrogen-bond donors (Lipinski definition) is 2. The predicted molar refractivity (Wildman–Crippen MR) is 97.0 cm³/mol. The van der Waals surface area contributed by atoms with Crippen LogP contribution in [0.25, 0.3) is 0 Å². The van der Waals surface area contributed by atoms with E-state index < -0.39 is 17.6 Å². The summed E-state index contributed by atoms with van der Waals surface area (Å²) in [6.07, 6.45) is 0. The van der Waals surface area contributed by atoms with Gasteiger partial charge in [0, 0.05) is 0 Å². The summed E-state index contributed by atoms with van der Waals surface area (Å²) in [5, 5.41) is 9.58. The molecular formula is C17H16Cl2N2O4. The Bertz CT molecular complexity index is 807. The van der Waals surface area contributed by atoms with Crippen molar-refractivity contribution in [3.8, 4) is 5.75 Å². The van der Waals surface area contributed by atoms with Crippen molar-refractivity contribution in [2.24, 2.45) is 5.73 Å². The van der Waals surface area contributed by atoms with E-state index in [1.165, 1.54) is 30.9 Å². The highest BCUT2D eigenvalue weighted by Gasteiger charge is 2.29. The third-order valence-corrected chi connectivity index (χ3v) is 4.18. The molecule has 0 aliphatic rings. The molecule has 2 rings (SSSR count). The third kappa shape index (κ3) is 4.15. The number of aliphatic carboxylic acids is 1. The van der Waals surface area contributed by atoms with Gasteiger partial charge in [-0.15, -0.1) is 0 Å². The topological polar surface area (TPSA) is 92.9 Å². The molecule has 0 atom stereocenters. The van der Waals surface area contributed by atoms with E-state index in [0.717, 1.165) is 0 Å². The van der Waals surface area contributed by atoms with Gasteiger partial charge in [0.2, 0.25) is 0 Å². The fourth-order valence-corrected chi connectivity index (χ4v) is 2.43. The molecule has 2 aromatic carbocycles. The van der Waals surface area contributed by atoms with Crippen LogP contribution in [0.5, 0.6) is 5.75 Å². The van der Waals surface area contributed by atoms with Crippen LogP contribution in [0.2, 0.25) is 10.0 Å². The Kier molecular flexibility index (Phi) is 5.45. The Morgan fingerprint density at radius 3 is 2.24 bits per heavy atom. The van der Waals surface area contributed by atoms with E-state index >= 15 is 0 Å². The molecule has 0 fully saturated rings. The molecule has 0 radical (unpaired) electrons. The monoisotopic (exact) mass is 382 g/mol. The molecule has 8 heteroatoms. The quantitative estimate of drug-likeness (QED) is 0.798. The van der Waals surface area contributed by atoms with Crippen LogP contribution in [-0.2, 0) is 4.79 Å². The first-order valence-corrected chi connectivity index (χ1v) is 7.95. The highest BCUT2D eigenvalue weighted by atomic mass is 35.5. The standard InChI is InChI=1S/C17H16Cl2N2O4/c1-17(2,15(22)23)25-11-8-6-10(7-9-11)21(16(20)24)13-5-3-4-12(18)14(13)19/h3-9H,1-2H3,(H2,20,24)(H,22,23). The zero-order valence-corrected chi connectivity index (χ0v) is 15.0. The summed E-state index contributed by atoms with van der Waals surface area (Å²) in [6, 6.07) is 10.3. The Labute approximate surface area is 154 Å². The Balaban J connectivity index is 2.37. The van der Waals surface area contributed by atoms with Crippen molar-refractivity contribution in [3.05, 3.63) is 52.5 Å². The first-order chi connectivity index (χ1) is 11.6. The van der Waals surface area contributed by atoms with Crippen molar-refractivity contribution >= 4 is 46.6 Å². The van der Waals surface area contributed by atoms with Gasteiger partial charge < -0.3 is 15.6 Å². The van der Waals surface area contributed by atoms with E-state index in [1.807, 2.05) is 0 Å². The second-order valence-electron chi connectivity index (χ2n) is 5.66. The number of nitrogens with two attached hydrogens (primary N) is 1. The van der Waals surface area contributed by atoms with Crippen LogP contribution in [0.4, 0.5) is 16.2 Å². The van der Waals surface area contributed by atoms with Gasteiger partial charge in [0.1, 0.15) is 5.75 Å². The van der Waals surface area contributed by atoms with E-state index in [-0.39, 0.29) is 10.0 Å². The average molecular weight is 383 g/mol. The molecule has 25 heavy (non-hydrogen) atoms. The number of carbonyl (C=O) groups is 2. The van der Waals surface area contributed by atoms with E-state index in [9.17, 15) is 9.59 Å². The molecule has 6 nitrogen and oxygen atoms in total. The molecule has 2 aromatic rings. The summed E-state index contributed by atoms with van der Waals surface area (Å²) in [5.41, 5.74) is 4.85. The maximum Gasteiger partial charge on any atom is 0.347 e. The number of primary amides is 1. The third-order valence-electron chi connectivity index (χ3n) is 3.38. The van der Waals surface area contributed by atoms with Crippen LogP contribution in [0.1, 0.15) is 13.8 Å². The lowest BCUT2D eigenvalue weighted by atomic mass is 10.1. The normalized spacial score (nSPS) is 11.0. The van der Waals surface area contributed by atoms with Gasteiger partial charge >= 0.3 is 12.0 Å². The molecule has 0 aliphatic carbocycles. The van der Waals surface area contributed by atoms with Crippen molar-refractivity contribution in [2.75, 3.05) is 4.90 Å². The van der Waals surface area contributed by atoms with E-state index in [4.69, 9.17) is 38.8 Å². The summed E-state index contributed by atoms with van der Waals surface area (Å²) >= 11 is 12.2. The molecule has 0 spiro atoms. The fraction of sp³-hybridized carbons (Fsp3) is 0.176. The van der Waals surface area contributed by atoms with E-state index in [2.05, 4.69) is 0 Å². The van der Waals surface area contributed by atoms with Gasteiger partial charge in [-0.2, -0.15) is 0 Å². The lowest BCUT2D eigenvalue weighted by Gasteiger charge is -2.24. The summed E-state index contributed by atoms with van der Waals surface area (Å²) in [5.74, 6) is -0.765. The summed E-state index contributed by atoms with van der Waals surface area (Å²) in [4.78, 5) is 24.2. The lowest BCUT2D eigenvalue weighted by molar-refractivity contribution is -0.152. The summed E-state index contributed by atoms with van der Waals surface area (Å²) in [6.45, 7) is 2.87. The van der Waals surface area contributed by atoms with Crippen molar-refractivity contribution in [2.45, 2.75) is 19.4 Å². The first kappa shape index (κ1) is 18.9. The van der Waals surface area contributed by atoms with Gasteiger partial charge in [0.15, 0.2) is 5.60 Å². The molecule has 0 unspecified atom stereocenters. The highest BCUT2D eigenvalue weighted by Crippen LogP contribution is 2.36. The van der Waals surface area contributed by atoms with Crippen LogP contribution >= 0.6 is 23.2 Å². The van der Waals surface area contributed by atoms with Gasteiger partial charge in [-0.25, -0.2) is 9.59 Å². The van der Waals surface area contributed by atoms with Gasteiger partial charge in [-0.3, -0.25) is 4.90 Å². The molecule has 0 aliphatic heterocycles. The van der Waals surface area contributed by atoms with Crippen LogP contribution in [0.3, 0.4) is 0 Å². The number of urea groups is 1. The molecule has 0 bridgehead atoms. The lowest BCUT2D eigenvalue weighted by Crippen LogP contribution is -2.37. The highest BCUT2D eigenvalue weighted by molar-refractivity contribution is 6.44. The predicted octanol–water partition coefficient (Wildman–Crippen LogP) is 4.45. The number of rotatable bonds is 5. The Hall–Kier alpha value is -2.44. The summed E-state index contributed by atoms with van der Waals surface area (Å²) in [7, 11) is 0. The zero-order valence-electron chi connectivity index (χ0n) is 13.5. The van der Waals surface area contributed by atoms with Crippen molar-refractivity contribution < 1.29 is 19.4 Å². The maximum atomic E-state index is 11.9. The number of halogens is 2. The SMILES string of the molecule is CC(C)(Oc1ccc(N(C(N)=O)c2cccc(Cl)c2Cl)cc1)C(=O)O. The van der Waals surface area contributed by atoms with Crippen LogP contribution in [0, 0.1) is 0 Å². The minimum absolute atomic E-state index is 0.190. The minimum atomic E-state index is -1.39. The average Bonchev–Trinajstić information content (AvgIpc) is 2.52. The van der Waals surface area contributed by atoms with Gasteiger partial charge in [-0.05, 0) is 50.2 Å². The van der Waals surface area contributed by atoms with Gasteiger partial charge in [-0.1, -0.05) is 29.3 Å². The van der Waals surface area contributed by atoms with E-state index in [1.54, 1.807) is 30.3 Å². The molecular weight excluding hydrogens is 367 g/mol. The van der Waals surface area contributed by atoms with Crippen LogP contribution < -0.4 is 15.4 Å². The number of carbonyl (C=O) groups excluding carboxylic acids is 1. The summed E-state index contributed by atoms with van der Waals surface area (Å²) < 4.78 is 5.43. The van der Waals surface area contributed by atoms with Gasteiger partial charge in [0.25, 0.3) is 0 Å². The molecule has 0 saturated heterocycles. The number of nitrogens with zero attached hydrogens (tertiary/aromatic N) is 1. The molecule has 0 saturated carbocycles. The van der Waals surface area contributed by atoms with Crippen LogP contribution in [0.15, 0.2) is 42.5 Å². The number of ether oxygens (including phenoxy) is 1. The van der Waals surface area contributed by atoms with Crippen molar-refractivity contribution in [1.82, 2.24) is 0 Å². The van der Waals surface area contributed by atoms with Gasteiger partial charge in [0.05, 0.1) is 21.4 Å². The second-order valence-corrected chi connectivity index (χ2v) is 6.44. The second kappa shape index (κ2) is 7.21. The molecule has 3 N–H and O–H groups in total. The smallest absolute Gasteiger partial charge is 0.347 e. The van der Waals surface area contributed by atoms with E-state index in [0.29, 0.717) is 17.1 Å². The first-order valence-electron chi connectivity index (χ1n) is 7.19. The number of hydrogen-bond acceptors (Lipinski definition) is 3. The Morgan fingerprint density at radius 2 is 1.72 bits per heavy atom. The number of carboxylic acid groups (broad SMARTS) is 1. The molecule has 132 valence electrons. The number of amides is 2. The van der Waals surface area contributed by atoms with Crippen molar-refractivity contribution in [3.63, 3.8) is 0 Å². The number of anilines is 2. The largest absolute Gasteiger partial charge is 0.478 e. The van der Waals surface area contributed by atoms with Crippen LogP contribution in [-0.4, -0.2) is 22.7 Å². The minimum Gasteiger partial charge on any atom is -0.478 e. The fourth-order valence-electron chi connectivity index (χ4n) is 2.05. The Morgan fingerprint density at radius 1 is 1.12 bits per heavy atom. The maximum absolute atomic E-state index is 11.9. The zero-order chi connectivity index (χ0) is 18.8. The molecule has 2 amide bonds. The number of benzene rings is 2. The molecule has 0 heterocycles. The number of carboxylic acids is 1. The van der Waals surface area contributed by atoms with Crippen molar-refractivity contribution in [1.29, 1.82) is 0 Å².